The number of anilines is 2. The summed E-state index contributed by atoms with van der Waals surface area (Å²) in [7, 11) is 0. The largest absolute Gasteiger partial charge is 0.383 e. The van der Waals surface area contributed by atoms with Gasteiger partial charge in [0.15, 0.2) is 5.65 Å². The van der Waals surface area contributed by atoms with Crippen LogP contribution < -0.4 is 16.4 Å². The first kappa shape index (κ1) is 19.0. The van der Waals surface area contributed by atoms with Crippen LogP contribution in [0.1, 0.15) is 32.1 Å². The lowest BCUT2D eigenvalue weighted by molar-refractivity contribution is 0.197. The quantitative estimate of drug-likeness (QED) is 0.629. The minimum Gasteiger partial charge on any atom is -0.383 e. The summed E-state index contributed by atoms with van der Waals surface area (Å²) in [6.07, 6.45) is 9.50. The molecule has 1 spiro atoms. The third kappa shape index (κ3) is 2.97. The standard InChI is InChI=1S/C21H24Cl2N6/c22-14-4-1-3-13(17(14)23)16-18(25)27-20(29-12-9-26-19(16)29)28-10-7-21(8-11-28)6-2-5-15(21)24/h1,3-4,9,12,15H,2,5-8,10-11,24-25H2/t15-/m1/s1. The van der Waals surface area contributed by atoms with E-state index in [0.29, 0.717) is 32.9 Å². The summed E-state index contributed by atoms with van der Waals surface area (Å²) in [6, 6.07) is 5.82. The molecule has 2 aromatic heterocycles. The van der Waals surface area contributed by atoms with Gasteiger partial charge in [-0.05, 0) is 37.2 Å². The molecule has 1 saturated carbocycles. The first-order valence-electron chi connectivity index (χ1n) is 10.1. The molecule has 1 aromatic carbocycles. The van der Waals surface area contributed by atoms with Crippen LogP contribution in [0.5, 0.6) is 0 Å². The number of hydrogen-bond acceptors (Lipinski definition) is 5. The highest BCUT2D eigenvalue weighted by atomic mass is 35.5. The molecule has 0 unspecified atom stereocenters. The zero-order valence-electron chi connectivity index (χ0n) is 16.1. The van der Waals surface area contributed by atoms with E-state index in [-0.39, 0.29) is 0 Å². The Hall–Kier alpha value is -2.02. The number of piperidine rings is 1. The molecule has 2 fully saturated rings. The number of imidazole rings is 1. The molecular formula is C21H24Cl2N6. The number of benzene rings is 1. The fourth-order valence-corrected chi connectivity index (χ4v) is 5.49. The minimum absolute atomic E-state index is 0.296. The molecule has 0 radical (unpaired) electrons. The second-order valence-corrected chi connectivity index (χ2v) is 9.03. The summed E-state index contributed by atoms with van der Waals surface area (Å²) >= 11 is 12.7. The van der Waals surface area contributed by atoms with Gasteiger partial charge in [0, 0.05) is 37.1 Å². The van der Waals surface area contributed by atoms with Crippen molar-refractivity contribution in [2.24, 2.45) is 11.1 Å². The van der Waals surface area contributed by atoms with Crippen molar-refractivity contribution in [3.8, 4) is 11.1 Å². The molecule has 3 heterocycles. The van der Waals surface area contributed by atoms with Gasteiger partial charge in [0.05, 0.1) is 15.6 Å². The molecule has 2 aliphatic rings. The van der Waals surface area contributed by atoms with Crippen LogP contribution in [-0.4, -0.2) is 33.5 Å². The lowest BCUT2D eigenvalue weighted by Gasteiger charge is -2.42. The summed E-state index contributed by atoms with van der Waals surface area (Å²) in [5.74, 6) is 1.22. The van der Waals surface area contributed by atoms with E-state index >= 15 is 0 Å². The van der Waals surface area contributed by atoms with Gasteiger partial charge in [-0.25, -0.2) is 4.98 Å². The monoisotopic (exact) mass is 430 g/mol. The van der Waals surface area contributed by atoms with Gasteiger partial charge in [0.1, 0.15) is 5.82 Å². The van der Waals surface area contributed by atoms with Crippen LogP contribution in [0.15, 0.2) is 30.6 Å². The van der Waals surface area contributed by atoms with Crippen LogP contribution in [0.4, 0.5) is 11.8 Å². The Kier molecular flexibility index (Phi) is 4.61. The smallest absolute Gasteiger partial charge is 0.213 e. The lowest BCUT2D eigenvalue weighted by atomic mass is 9.74. The van der Waals surface area contributed by atoms with Crippen molar-refractivity contribution in [3.05, 3.63) is 40.6 Å². The Morgan fingerprint density at radius 1 is 1.14 bits per heavy atom. The molecule has 0 bridgehead atoms. The number of halogens is 2. The number of rotatable bonds is 2. The van der Waals surface area contributed by atoms with E-state index in [0.717, 1.165) is 49.5 Å². The normalized spacial score (nSPS) is 21.3. The van der Waals surface area contributed by atoms with Gasteiger partial charge in [-0.2, -0.15) is 4.98 Å². The van der Waals surface area contributed by atoms with Gasteiger partial charge in [-0.3, -0.25) is 4.40 Å². The Morgan fingerprint density at radius 2 is 1.93 bits per heavy atom. The number of nitrogen functional groups attached to an aromatic ring is 1. The second-order valence-electron chi connectivity index (χ2n) is 8.24. The lowest BCUT2D eigenvalue weighted by Crippen LogP contribution is -2.47. The Morgan fingerprint density at radius 3 is 2.66 bits per heavy atom. The molecule has 1 aliphatic carbocycles. The highest BCUT2D eigenvalue weighted by Crippen LogP contribution is 2.46. The third-order valence-electron chi connectivity index (χ3n) is 6.80. The van der Waals surface area contributed by atoms with E-state index < -0.39 is 0 Å². The van der Waals surface area contributed by atoms with Crippen LogP contribution in [0.25, 0.3) is 16.8 Å². The summed E-state index contributed by atoms with van der Waals surface area (Å²) in [4.78, 5) is 11.6. The summed E-state index contributed by atoms with van der Waals surface area (Å²) in [5.41, 5.74) is 15.3. The van der Waals surface area contributed by atoms with E-state index in [9.17, 15) is 0 Å². The van der Waals surface area contributed by atoms with Crippen LogP contribution in [0, 0.1) is 5.41 Å². The highest BCUT2D eigenvalue weighted by molar-refractivity contribution is 6.44. The molecule has 6 nitrogen and oxygen atoms in total. The van der Waals surface area contributed by atoms with E-state index in [1.54, 1.807) is 12.3 Å². The maximum atomic E-state index is 6.46. The number of fused-ring (bicyclic) bond motifs is 1. The third-order valence-corrected chi connectivity index (χ3v) is 7.61. The molecule has 8 heteroatoms. The first-order chi connectivity index (χ1) is 14.0. The molecule has 1 aliphatic heterocycles. The van der Waals surface area contributed by atoms with Crippen molar-refractivity contribution in [1.29, 1.82) is 0 Å². The maximum Gasteiger partial charge on any atom is 0.213 e. The molecule has 3 aromatic rings. The summed E-state index contributed by atoms with van der Waals surface area (Å²) < 4.78 is 2.00. The molecule has 0 amide bonds. The molecule has 29 heavy (non-hydrogen) atoms. The van der Waals surface area contributed by atoms with E-state index in [4.69, 9.17) is 39.7 Å². The van der Waals surface area contributed by atoms with E-state index in [1.165, 1.54) is 12.8 Å². The van der Waals surface area contributed by atoms with Gasteiger partial charge in [0.25, 0.3) is 0 Å². The van der Waals surface area contributed by atoms with Crippen molar-refractivity contribution in [2.45, 2.75) is 38.1 Å². The Labute approximate surface area is 179 Å². The highest BCUT2D eigenvalue weighted by Gasteiger charge is 2.43. The molecule has 1 atom stereocenters. The van der Waals surface area contributed by atoms with Crippen LogP contribution >= 0.6 is 23.2 Å². The molecule has 4 N–H and O–H groups in total. The van der Waals surface area contributed by atoms with Gasteiger partial charge in [0.2, 0.25) is 5.95 Å². The fourth-order valence-electron chi connectivity index (χ4n) is 5.10. The number of nitrogens with two attached hydrogens (primary N) is 2. The number of nitrogens with zero attached hydrogens (tertiary/aromatic N) is 4. The maximum absolute atomic E-state index is 6.46. The zero-order valence-corrected chi connectivity index (χ0v) is 17.6. The van der Waals surface area contributed by atoms with Gasteiger partial charge < -0.3 is 16.4 Å². The molecule has 152 valence electrons. The topological polar surface area (TPSA) is 85.5 Å². The SMILES string of the molecule is Nc1nc(N2CCC3(CCC[C@H]3N)CC2)n2ccnc2c1-c1cccc(Cl)c1Cl. The second kappa shape index (κ2) is 7.04. The Bertz CT molecular complexity index is 1070. The fraction of sp³-hybridized carbons (Fsp3) is 0.429. The average molecular weight is 431 g/mol. The summed E-state index contributed by atoms with van der Waals surface area (Å²) in [6.45, 7) is 1.84. The van der Waals surface area contributed by atoms with Gasteiger partial charge >= 0.3 is 0 Å². The Balaban J connectivity index is 1.54. The molecular weight excluding hydrogens is 407 g/mol. The predicted molar refractivity (Wildman–Crippen MR) is 119 cm³/mol. The van der Waals surface area contributed by atoms with E-state index in [2.05, 4.69) is 9.88 Å². The van der Waals surface area contributed by atoms with Crippen molar-refractivity contribution >= 4 is 40.6 Å². The van der Waals surface area contributed by atoms with Gasteiger partial charge in [-0.1, -0.05) is 41.8 Å². The molecule has 1 saturated heterocycles. The number of hydrogen-bond donors (Lipinski definition) is 2. The first-order valence-corrected chi connectivity index (χ1v) is 10.8. The van der Waals surface area contributed by atoms with Crippen LogP contribution in [0.2, 0.25) is 10.0 Å². The van der Waals surface area contributed by atoms with Crippen LogP contribution in [-0.2, 0) is 0 Å². The van der Waals surface area contributed by atoms with Crippen molar-refractivity contribution < 1.29 is 0 Å². The van der Waals surface area contributed by atoms with Crippen molar-refractivity contribution in [1.82, 2.24) is 14.4 Å². The predicted octanol–water partition coefficient (Wildman–Crippen LogP) is 4.38. The zero-order chi connectivity index (χ0) is 20.2. The van der Waals surface area contributed by atoms with Crippen LogP contribution in [0.3, 0.4) is 0 Å². The van der Waals surface area contributed by atoms with E-state index in [1.807, 2.05) is 22.7 Å². The van der Waals surface area contributed by atoms with Gasteiger partial charge in [-0.15, -0.1) is 0 Å². The minimum atomic E-state index is 0.296. The van der Waals surface area contributed by atoms with Crippen molar-refractivity contribution in [3.63, 3.8) is 0 Å². The average Bonchev–Trinajstić information content (AvgIpc) is 3.33. The summed E-state index contributed by atoms with van der Waals surface area (Å²) in [5, 5.41) is 0.932. The molecule has 5 rings (SSSR count). The van der Waals surface area contributed by atoms with Crippen molar-refractivity contribution in [2.75, 3.05) is 23.7 Å². The number of aromatic nitrogens is 3.